The molecule has 1 fully saturated rings. The van der Waals surface area contributed by atoms with Crippen LogP contribution in [-0.4, -0.2) is 48.4 Å². The molecule has 2 aromatic rings. The largest absolute Gasteiger partial charge is 0.489 e. The number of pyridine rings is 1. The minimum atomic E-state index is -3.08. The Bertz CT molecular complexity index is 1210. The average Bonchev–Trinajstić information content (AvgIpc) is 2.84. The number of alkyl halides is 2. The van der Waals surface area contributed by atoms with Gasteiger partial charge in [-0.15, -0.1) is 0 Å². The molecule has 0 unspecified atom stereocenters. The molecule has 12 heteroatoms. The summed E-state index contributed by atoms with van der Waals surface area (Å²) < 4.78 is 42.0. The molecule has 1 atom stereocenters. The predicted molar refractivity (Wildman–Crippen MR) is 139 cm³/mol. The summed E-state index contributed by atoms with van der Waals surface area (Å²) in [7, 11) is 0. The Hall–Kier alpha value is -3.02. The SMILES string of the molecule is CC1(C)CO[C@@H]1COc1cnccc1CNC1=C(C(=S)Nc2cccc(Cl)c2OC(F)F)C(=O)NCC1. The molecule has 0 aliphatic carbocycles. The van der Waals surface area contributed by atoms with Crippen molar-refractivity contribution in [1.82, 2.24) is 15.6 Å². The van der Waals surface area contributed by atoms with E-state index in [1.165, 1.54) is 12.1 Å². The highest BCUT2D eigenvalue weighted by molar-refractivity contribution is 7.81. The number of hydrogen-bond donors (Lipinski definition) is 3. The van der Waals surface area contributed by atoms with E-state index in [9.17, 15) is 13.6 Å². The Kier molecular flexibility index (Phi) is 8.46. The predicted octanol–water partition coefficient (Wildman–Crippen LogP) is 4.44. The Balaban J connectivity index is 1.50. The van der Waals surface area contributed by atoms with Crippen LogP contribution in [-0.2, 0) is 16.1 Å². The van der Waals surface area contributed by atoms with E-state index in [1.54, 1.807) is 18.5 Å². The van der Waals surface area contributed by atoms with E-state index in [0.29, 0.717) is 44.2 Å². The fraction of sp³-hybridized carbons (Fsp3) is 0.400. The number of carbonyl (C=O) groups is 1. The number of ether oxygens (including phenoxy) is 3. The summed E-state index contributed by atoms with van der Waals surface area (Å²) in [6.07, 6.45) is 3.79. The summed E-state index contributed by atoms with van der Waals surface area (Å²) in [5, 5.41) is 8.86. The summed E-state index contributed by atoms with van der Waals surface area (Å²) in [4.78, 5) is 17.0. The van der Waals surface area contributed by atoms with E-state index in [2.05, 4.69) is 39.5 Å². The normalized spacial score (nSPS) is 18.6. The van der Waals surface area contributed by atoms with Crippen LogP contribution in [0.5, 0.6) is 11.5 Å². The molecule has 37 heavy (non-hydrogen) atoms. The smallest absolute Gasteiger partial charge is 0.387 e. The van der Waals surface area contributed by atoms with E-state index in [4.69, 9.17) is 33.3 Å². The Morgan fingerprint density at radius 1 is 1.38 bits per heavy atom. The highest BCUT2D eigenvalue weighted by Crippen LogP contribution is 2.35. The van der Waals surface area contributed by atoms with Gasteiger partial charge in [-0.05, 0) is 18.2 Å². The molecule has 1 aromatic carbocycles. The van der Waals surface area contributed by atoms with Crippen LogP contribution in [0, 0.1) is 5.41 Å². The van der Waals surface area contributed by atoms with Gasteiger partial charge in [0.15, 0.2) is 5.75 Å². The standard InChI is InChI=1S/C25H27ClF2N4O4S/c1-25(2)13-35-19(25)12-34-18-11-29-8-6-14(18)10-31-16-7-9-30-22(33)20(16)23(37)32-17-5-3-4-15(26)21(17)36-24(27)28/h3-6,8,11,19,24,31H,7,9-10,12-13H2,1-2H3,(H,30,33)(H,32,37)/t19-/m1/s1. The molecule has 1 saturated heterocycles. The summed E-state index contributed by atoms with van der Waals surface area (Å²) in [5.41, 5.74) is 1.82. The molecule has 198 valence electrons. The maximum absolute atomic E-state index is 12.9. The number of nitrogens with one attached hydrogen (secondary N) is 3. The van der Waals surface area contributed by atoms with Gasteiger partial charge in [0.2, 0.25) is 0 Å². The Morgan fingerprint density at radius 3 is 2.89 bits per heavy atom. The lowest BCUT2D eigenvalue weighted by molar-refractivity contribution is -0.180. The lowest BCUT2D eigenvalue weighted by Gasteiger charge is -2.43. The van der Waals surface area contributed by atoms with E-state index >= 15 is 0 Å². The van der Waals surface area contributed by atoms with Gasteiger partial charge >= 0.3 is 6.61 Å². The first-order valence-electron chi connectivity index (χ1n) is 11.6. The van der Waals surface area contributed by atoms with Gasteiger partial charge in [-0.25, -0.2) is 0 Å². The number of halogens is 3. The number of aromatic nitrogens is 1. The molecule has 0 radical (unpaired) electrons. The van der Waals surface area contributed by atoms with Crippen molar-refractivity contribution in [1.29, 1.82) is 0 Å². The number of amides is 1. The molecule has 2 aliphatic heterocycles. The summed E-state index contributed by atoms with van der Waals surface area (Å²) in [6.45, 7) is 3.03. The van der Waals surface area contributed by atoms with E-state index in [0.717, 1.165) is 5.56 Å². The molecule has 3 heterocycles. The maximum Gasteiger partial charge on any atom is 0.387 e. The quantitative estimate of drug-likeness (QED) is 0.372. The van der Waals surface area contributed by atoms with Gasteiger partial charge in [0.25, 0.3) is 5.91 Å². The van der Waals surface area contributed by atoms with Crippen LogP contribution in [0.2, 0.25) is 5.02 Å². The minimum Gasteiger partial charge on any atom is -0.489 e. The van der Waals surface area contributed by atoms with Gasteiger partial charge < -0.3 is 30.2 Å². The maximum atomic E-state index is 12.9. The second-order valence-electron chi connectivity index (χ2n) is 9.24. The van der Waals surface area contributed by atoms with E-state index < -0.39 is 6.61 Å². The zero-order valence-corrected chi connectivity index (χ0v) is 21.8. The number of carbonyl (C=O) groups excluding carboxylic acids is 1. The molecule has 0 saturated carbocycles. The van der Waals surface area contributed by atoms with Crippen LogP contribution in [0.1, 0.15) is 25.8 Å². The van der Waals surface area contributed by atoms with Crippen LogP contribution in [0.3, 0.4) is 0 Å². The summed E-state index contributed by atoms with van der Waals surface area (Å²) in [5.74, 6) is -0.0395. The third kappa shape index (κ3) is 6.46. The zero-order valence-electron chi connectivity index (χ0n) is 20.3. The molecule has 2 aliphatic rings. The first-order chi connectivity index (χ1) is 17.7. The van der Waals surface area contributed by atoms with Crippen molar-refractivity contribution in [2.45, 2.75) is 39.5 Å². The van der Waals surface area contributed by atoms with E-state index in [1.807, 2.05) is 6.07 Å². The van der Waals surface area contributed by atoms with Gasteiger partial charge in [-0.2, -0.15) is 8.78 Å². The van der Waals surface area contributed by atoms with Gasteiger partial charge in [0.05, 0.1) is 35.2 Å². The number of hydrogen-bond acceptors (Lipinski definition) is 7. The number of benzene rings is 1. The topological polar surface area (TPSA) is 93.7 Å². The first kappa shape index (κ1) is 27.0. The molecule has 1 amide bonds. The first-order valence-corrected chi connectivity index (χ1v) is 12.4. The number of thiocarbonyl (C=S) groups is 1. The molecular weight excluding hydrogens is 526 g/mol. The third-order valence-corrected chi connectivity index (χ3v) is 6.72. The van der Waals surface area contributed by atoms with Crippen LogP contribution < -0.4 is 25.4 Å². The zero-order chi connectivity index (χ0) is 26.6. The average molecular weight is 553 g/mol. The van der Waals surface area contributed by atoms with Crippen LogP contribution in [0.25, 0.3) is 0 Å². The van der Waals surface area contributed by atoms with Crippen LogP contribution in [0.15, 0.2) is 47.9 Å². The van der Waals surface area contributed by atoms with Crippen molar-refractivity contribution in [3.63, 3.8) is 0 Å². The van der Waals surface area contributed by atoms with Crippen molar-refractivity contribution < 1.29 is 27.8 Å². The third-order valence-electron chi connectivity index (χ3n) is 6.12. The Morgan fingerprint density at radius 2 is 2.19 bits per heavy atom. The number of rotatable bonds is 10. The van der Waals surface area contributed by atoms with Crippen molar-refractivity contribution in [3.8, 4) is 11.5 Å². The summed E-state index contributed by atoms with van der Waals surface area (Å²) >= 11 is 11.5. The van der Waals surface area contributed by atoms with Gasteiger partial charge in [-0.3, -0.25) is 9.78 Å². The number of nitrogens with zero attached hydrogens (tertiary/aromatic N) is 1. The molecular formula is C25H27ClF2N4O4S. The van der Waals surface area contributed by atoms with Crippen LogP contribution in [0.4, 0.5) is 14.5 Å². The molecule has 0 spiro atoms. The monoisotopic (exact) mass is 552 g/mol. The molecule has 0 bridgehead atoms. The highest BCUT2D eigenvalue weighted by Gasteiger charge is 2.40. The van der Waals surface area contributed by atoms with Crippen molar-refractivity contribution in [3.05, 3.63) is 58.5 Å². The van der Waals surface area contributed by atoms with Crippen molar-refractivity contribution in [2.75, 3.05) is 25.1 Å². The van der Waals surface area contributed by atoms with Gasteiger partial charge in [0.1, 0.15) is 17.3 Å². The second-order valence-corrected chi connectivity index (χ2v) is 10.1. The molecule has 4 rings (SSSR count). The Labute approximate surface area is 223 Å². The lowest BCUT2D eigenvalue weighted by Crippen LogP contribution is -2.50. The molecule has 1 aromatic heterocycles. The summed E-state index contributed by atoms with van der Waals surface area (Å²) in [6, 6.07) is 6.28. The molecule has 3 N–H and O–H groups in total. The highest BCUT2D eigenvalue weighted by atomic mass is 35.5. The van der Waals surface area contributed by atoms with Crippen molar-refractivity contribution in [2.24, 2.45) is 5.41 Å². The molecule has 8 nitrogen and oxygen atoms in total. The minimum absolute atomic E-state index is 0.00116. The fourth-order valence-corrected chi connectivity index (χ4v) is 4.47. The van der Waals surface area contributed by atoms with E-state index in [-0.39, 0.29) is 44.4 Å². The van der Waals surface area contributed by atoms with Gasteiger partial charge in [-0.1, -0.05) is 43.7 Å². The second kappa shape index (κ2) is 11.6. The fourth-order valence-electron chi connectivity index (χ4n) is 3.93. The number of para-hydroxylation sites is 1. The number of anilines is 1. The van der Waals surface area contributed by atoms with Gasteiger partial charge in [0, 0.05) is 42.4 Å². The lowest BCUT2D eigenvalue weighted by atomic mass is 9.83. The van der Waals surface area contributed by atoms with Crippen LogP contribution >= 0.6 is 23.8 Å². The van der Waals surface area contributed by atoms with Crippen molar-refractivity contribution >= 4 is 40.4 Å².